The van der Waals surface area contributed by atoms with Crippen LogP contribution in [-0.4, -0.2) is 27.5 Å². The van der Waals surface area contributed by atoms with E-state index >= 15 is 0 Å². The highest BCUT2D eigenvalue weighted by Crippen LogP contribution is 2.25. The molecule has 3 rings (SSSR count). The minimum atomic E-state index is -3.97. The van der Waals surface area contributed by atoms with Crippen molar-refractivity contribution in [2.45, 2.75) is 11.8 Å². The maximum absolute atomic E-state index is 13.4. The molecule has 168 valence electrons. The number of carbonyl (C=O) groups excluding carboxylic acids is 1. The third-order valence-corrected chi connectivity index (χ3v) is 6.76. The fourth-order valence-corrected chi connectivity index (χ4v) is 4.70. The molecular formula is C22H20Cl2FN3O3S. The van der Waals surface area contributed by atoms with Crippen molar-refractivity contribution in [2.24, 2.45) is 0 Å². The van der Waals surface area contributed by atoms with Gasteiger partial charge in [0, 0.05) is 29.5 Å². The summed E-state index contributed by atoms with van der Waals surface area (Å²) in [6, 6.07) is 16.2. The molecule has 10 heteroatoms. The predicted molar refractivity (Wildman–Crippen MR) is 126 cm³/mol. The Morgan fingerprint density at radius 2 is 1.72 bits per heavy atom. The molecule has 0 unspecified atom stereocenters. The number of amides is 2. The average molecular weight is 496 g/mol. The van der Waals surface area contributed by atoms with Crippen LogP contribution in [0.4, 0.5) is 20.6 Å². The number of urea groups is 1. The average Bonchev–Trinajstić information content (AvgIpc) is 2.75. The molecule has 0 aliphatic heterocycles. The third kappa shape index (κ3) is 5.98. The Morgan fingerprint density at radius 3 is 2.41 bits per heavy atom. The summed E-state index contributed by atoms with van der Waals surface area (Å²) in [4.78, 5) is 14.1. The minimum absolute atomic E-state index is 0.0228. The molecule has 0 aliphatic carbocycles. The smallest absolute Gasteiger partial charge is 0.307 e. The minimum Gasteiger partial charge on any atom is -0.307 e. The number of carbonyl (C=O) groups is 1. The topological polar surface area (TPSA) is 78.5 Å². The van der Waals surface area contributed by atoms with Crippen molar-refractivity contribution in [3.8, 4) is 0 Å². The van der Waals surface area contributed by atoms with E-state index < -0.39 is 21.9 Å². The Morgan fingerprint density at radius 1 is 1.03 bits per heavy atom. The van der Waals surface area contributed by atoms with Crippen molar-refractivity contribution in [2.75, 3.05) is 23.3 Å². The van der Waals surface area contributed by atoms with Crippen LogP contribution in [0, 0.1) is 12.7 Å². The first-order valence-corrected chi connectivity index (χ1v) is 11.8. The number of hydrogen-bond donors (Lipinski definition) is 2. The van der Waals surface area contributed by atoms with E-state index in [1.54, 1.807) is 12.1 Å². The summed E-state index contributed by atoms with van der Waals surface area (Å²) >= 11 is 11.9. The largest absolute Gasteiger partial charge is 0.326 e. The van der Waals surface area contributed by atoms with E-state index in [4.69, 9.17) is 23.2 Å². The van der Waals surface area contributed by atoms with Crippen LogP contribution < -0.4 is 14.9 Å². The maximum Gasteiger partial charge on any atom is 0.326 e. The molecule has 0 saturated heterocycles. The quantitative estimate of drug-likeness (QED) is 0.456. The van der Waals surface area contributed by atoms with E-state index in [2.05, 4.69) is 10.0 Å². The third-order valence-electron chi connectivity index (χ3n) is 4.58. The number of nitrogens with zero attached hydrogens (tertiary/aromatic N) is 1. The van der Waals surface area contributed by atoms with Crippen molar-refractivity contribution < 1.29 is 17.6 Å². The molecule has 0 atom stereocenters. The molecular weight excluding hydrogens is 476 g/mol. The van der Waals surface area contributed by atoms with E-state index in [9.17, 15) is 17.6 Å². The van der Waals surface area contributed by atoms with E-state index in [0.29, 0.717) is 11.4 Å². The summed E-state index contributed by atoms with van der Waals surface area (Å²) in [6.07, 6.45) is 0. The molecule has 0 fully saturated rings. The summed E-state index contributed by atoms with van der Waals surface area (Å²) in [7, 11) is -3.97. The molecule has 0 radical (unpaired) electrons. The second-order valence-corrected chi connectivity index (χ2v) is 9.42. The van der Waals surface area contributed by atoms with E-state index in [1.807, 2.05) is 19.1 Å². The van der Waals surface area contributed by atoms with Crippen molar-refractivity contribution in [1.29, 1.82) is 0 Å². The molecule has 0 bridgehead atoms. The highest BCUT2D eigenvalue weighted by molar-refractivity contribution is 7.89. The van der Waals surface area contributed by atoms with Gasteiger partial charge in [-0.15, -0.1) is 0 Å². The van der Waals surface area contributed by atoms with Crippen molar-refractivity contribution in [1.82, 2.24) is 4.72 Å². The Labute approximate surface area is 196 Å². The second kappa shape index (κ2) is 10.3. The van der Waals surface area contributed by atoms with Gasteiger partial charge in [-0.2, -0.15) is 0 Å². The SMILES string of the molecule is Cc1ccccc1NC(=O)N(CCNS(=O)(=O)c1cc(Cl)ccc1Cl)c1ccc(F)cc1. The highest BCUT2D eigenvalue weighted by Gasteiger charge is 2.21. The van der Waals surface area contributed by atoms with Crippen molar-refractivity contribution in [3.05, 3.63) is 88.2 Å². The lowest BCUT2D eigenvalue weighted by Gasteiger charge is -2.24. The summed E-state index contributed by atoms with van der Waals surface area (Å²) in [5.41, 5.74) is 1.87. The van der Waals surface area contributed by atoms with E-state index in [-0.39, 0.29) is 28.0 Å². The maximum atomic E-state index is 13.4. The summed E-state index contributed by atoms with van der Waals surface area (Å²) in [6.45, 7) is 1.70. The molecule has 2 amide bonds. The fraction of sp³-hybridized carbons (Fsp3) is 0.136. The van der Waals surface area contributed by atoms with Gasteiger partial charge in [0.2, 0.25) is 10.0 Å². The summed E-state index contributed by atoms with van der Waals surface area (Å²) in [5, 5.41) is 3.04. The second-order valence-electron chi connectivity index (χ2n) is 6.85. The Hall–Kier alpha value is -2.65. The molecule has 0 aromatic heterocycles. The molecule has 6 nitrogen and oxygen atoms in total. The standard InChI is InChI=1S/C22H20Cl2FN3O3S/c1-15-4-2-3-5-20(15)27-22(29)28(18-9-7-17(25)8-10-18)13-12-26-32(30,31)21-14-16(23)6-11-19(21)24/h2-11,14,26H,12-13H2,1H3,(H,27,29). The molecule has 3 aromatic rings. The fourth-order valence-electron chi connectivity index (χ4n) is 2.92. The lowest BCUT2D eigenvalue weighted by Crippen LogP contribution is -2.41. The van der Waals surface area contributed by atoms with Crippen LogP contribution >= 0.6 is 23.2 Å². The van der Waals surface area contributed by atoms with Crippen LogP contribution in [0.5, 0.6) is 0 Å². The van der Waals surface area contributed by atoms with Gasteiger partial charge >= 0.3 is 6.03 Å². The highest BCUT2D eigenvalue weighted by atomic mass is 35.5. The van der Waals surface area contributed by atoms with E-state index in [0.717, 1.165) is 5.56 Å². The molecule has 3 aromatic carbocycles. The Bertz CT molecular complexity index is 1220. The molecule has 0 heterocycles. The number of halogens is 3. The number of rotatable bonds is 7. The first kappa shape index (κ1) is 24.0. The lowest BCUT2D eigenvalue weighted by molar-refractivity contribution is 0.257. The van der Waals surface area contributed by atoms with Gasteiger partial charge < -0.3 is 5.32 Å². The van der Waals surface area contributed by atoms with Crippen LogP contribution in [0.2, 0.25) is 10.0 Å². The van der Waals surface area contributed by atoms with Crippen molar-refractivity contribution >= 4 is 50.6 Å². The van der Waals surface area contributed by atoms with Crippen LogP contribution in [0.15, 0.2) is 71.6 Å². The number of benzene rings is 3. The number of para-hydroxylation sites is 1. The number of hydrogen-bond acceptors (Lipinski definition) is 3. The van der Waals surface area contributed by atoms with Gasteiger partial charge in [-0.05, 0) is 61.0 Å². The zero-order chi connectivity index (χ0) is 23.3. The number of aryl methyl sites for hydroxylation is 1. The summed E-state index contributed by atoms with van der Waals surface area (Å²) in [5.74, 6) is -0.454. The zero-order valence-electron chi connectivity index (χ0n) is 17.0. The summed E-state index contributed by atoms with van der Waals surface area (Å²) < 4.78 is 41.1. The van der Waals surface area contributed by atoms with Crippen LogP contribution in [0.25, 0.3) is 0 Å². The number of nitrogens with one attached hydrogen (secondary N) is 2. The van der Waals surface area contributed by atoms with Gasteiger partial charge in [0.05, 0.1) is 5.02 Å². The molecule has 0 saturated carbocycles. The Kier molecular flexibility index (Phi) is 7.73. The number of sulfonamides is 1. The molecule has 2 N–H and O–H groups in total. The van der Waals surface area contributed by atoms with Crippen LogP contribution in [-0.2, 0) is 10.0 Å². The van der Waals surface area contributed by atoms with Gasteiger partial charge in [-0.1, -0.05) is 41.4 Å². The van der Waals surface area contributed by atoms with E-state index in [1.165, 1.54) is 47.4 Å². The van der Waals surface area contributed by atoms with Gasteiger partial charge in [0.15, 0.2) is 0 Å². The first-order valence-electron chi connectivity index (χ1n) is 9.52. The first-order chi connectivity index (χ1) is 15.2. The predicted octanol–water partition coefficient (Wildman–Crippen LogP) is 5.46. The Balaban J connectivity index is 1.78. The normalized spacial score (nSPS) is 11.2. The number of anilines is 2. The molecule has 0 spiro atoms. The van der Waals surface area contributed by atoms with Crippen LogP contribution in [0.1, 0.15) is 5.56 Å². The van der Waals surface area contributed by atoms with Gasteiger partial charge in [0.25, 0.3) is 0 Å². The van der Waals surface area contributed by atoms with Gasteiger partial charge in [0.1, 0.15) is 10.7 Å². The van der Waals surface area contributed by atoms with Crippen LogP contribution in [0.3, 0.4) is 0 Å². The molecule has 0 aliphatic rings. The monoisotopic (exact) mass is 495 g/mol. The van der Waals surface area contributed by atoms with Gasteiger partial charge in [-0.25, -0.2) is 22.3 Å². The lowest BCUT2D eigenvalue weighted by atomic mass is 10.2. The van der Waals surface area contributed by atoms with Crippen molar-refractivity contribution in [3.63, 3.8) is 0 Å². The van der Waals surface area contributed by atoms with Gasteiger partial charge in [-0.3, -0.25) is 4.90 Å². The zero-order valence-corrected chi connectivity index (χ0v) is 19.3. The molecule has 32 heavy (non-hydrogen) atoms.